The van der Waals surface area contributed by atoms with Crippen LogP contribution >= 0.6 is 0 Å². The summed E-state index contributed by atoms with van der Waals surface area (Å²) in [6.45, 7) is 2.29. The van der Waals surface area contributed by atoms with Crippen LogP contribution in [0.5, 0.6) is 0 Å². The molecule has 3 aromatic rings. The topological polar surface area (TPSA) is 50.2 Å². The van der Waals surface area contributed by atoms with Crippen molar-refractivity contribution >= 4 is 16.7 Å². The summed E-state index contributed by atoms with van der Waals surface area (Å²) in [5, 5.41) is 10.2. The molecule has 5 nitrogen and oxygen atoms in total. The number of benzene rings is 2. The molecule has 1 aromatic heterocycles. The van der Waals surface area contributed by atoms with Crippen molar-refractivity contribution in [2.45, 2.75) is 31.3 Å². The lowest BCUT2D eigenvalue weighted by atomic mass is 9.89. The van der Waals surface area contributed by atoms with Gasteiger partial charge in [-0.25, -0.2) is 0 Å². The fraction of sp³-hybridized carbons (Fsp3) is 0.391. The molecule has 2 aliphatic rings. The summed E-state index contributed by atoms with van der Waals surface area (Å²) in [4.78, 5) is 15.7. The van der Waals surface area contributed by atoms with Crippen molar-refractivity contribution in [3.05, 3.63) is 66.0 Å². The van der Waals surface area contributed by atoms with Crippen LogP contribution in [0.3, 0.4) is 0 Å². The van der Waals surface area contributed by atoms with Crippen LogP contribution in [-0.2, 0) is 18.4 Å². The van der Waals surface area contributed by atoms with Crippen molar-refractivity contribution in [3.8, 4) is 0 Å². The number of hydrogen-bond acceptors (Lipinski definition) is 3. The van der Waals surface area contributed by atoms with E-state index in [1.54, 1.807) is 0 Å². The first-order valence-electron chi connectivity index (χ1n) is 10.2. The van der Waals surface area contributed by atoms with Crippen LogP contribution in [0.2, 0.25) is 0 Å². The highest BCUT2D eigenvalue weighted by molar-refractivity contribution is 5.84. The first-order chi connectivity index (χ1) is 13.7. The molecule has 5 heteroatoms. The predicted molar refractivity (Wildman–Crippen MR) is 110 cm³/mol. The number of carbonyl (C=O) groups is 1. The summed E-state index contributed by atoms with van der Waals surface area (Å²) in [6.07, 6.45) is 6.19. The zero-order valence-electron chi connectivity index (χ0n) is 16.2. The Morgan fingerprint density at radius 2 is 2.00 bits per heavy atom. The van der Waals surface area contributed by atoms with E-state index >= 15 is 0 Å². The number of amides is 1. The third kappa shape index (κ3) is 3.31. The largest absolute Gasteiger partial charge is 0.335 e. The Kier molecular flexibility index (Phi) is 4.40. The number of nitrogens with one attached hydrogen (secondary N) is 1. The van der Waals surface area contributed by atoms with Crippen molar-refractivity contribution < 1.29 is 4.79 Å². The molecule has 2 fully saturated rings. The summed E-state index contributed by atoms with van der Waals surface area (Å²) in [6, 6.07) is 15.4. The van der Waals surface area contributed by atoms with E-state index in [2.05, 4.69) is 57.8 Å². The van der Waals surface area contributed by atoms with Crippen LogP contribution in [0.15, 0.2) is 54.9 Å². The zero-order chi connectivity index (χ0) is 19.1. The van der Waals surface area contributed by atoms with Gasteiger partial charge in [0, 0.05) is 44.8 Å². The first kappa shape index (κ1) is 17.4. The summed E-state index contributed by atoms with van der Waals surface area (Å²) in [5.74, 6) is 0.485. The maximum absolute atomic E-state index is 13.5. The van der Waals surface area contributed by atoms with Gasteiger partial charge < -0.3 is 10.2 Å². The fourth-order valence-corrected chi connectivity index (χ4v) is 4.44. The van der Waals surface area contributed by atoms with Crippen molar-refractivity contribution in [1.82, 2.24) is 20.0 Å². The molecule has 2 atom stereocenters. The Morgan fingerprint density at radius 1 is 1.18 bits per heavy atom. The van der Waals surface area contributed by atoms with Gasteiger partial charge in [-0.3, -0.25) is 9.48 Å². The monoisotopic (exact) mass is 374 g/mol. The molecule has 1 amide bonds. The normalized spacial score (nSPS) is 21.9. The zero-order valence-corrected chi connectivity index (χ0v) is 16.2. The van der Waals surface area contributed by atoms with Gasteiger partial charge >= 0.3 is 0 Å². The van der Waals surface area contributed by atoms with E-state index in [9.17, 15) is 4.79 Å². The van der Waals surface area contributed by atoms with Crippen molar-refractivity contribution in [3.63, 3.8) is 0 Å². The molecule has 1 aliphatic carbocycles. The van der Waals surface area contributed by atoms with E-state index in [-0.39, 0.29) is 17.7 Å². The van der Waals surface area contributed by atoms with Gasteiger partial charge in [0.25, 0.3) is 0 Å². The maximum Gasteiger partial charge on any atom is 0.228 e. The number of hydrogen-bond donors (Lipinski definition) is 1. The van der Waals surface area contributed by atoms with Gasteiger partial charge in [0.05, 0.1) is 12.1 Å². The van der Waals surface area contributed by atoms with E-state index in [0.717, 1.165) is 31.5 Å². The predicted octanol–water partition coefficient (Wildman–Crippen LogP) is 3.07. The number of aromatic nitrogens is 2. The van der Waals surface area contributed by atoms with Crippen molar-refractivity contribution in [2.24, 2.45) is 13.0 Å². The SMILES string of the molecule is Cn1cc([C@H]2CNC[C@@H]2C(=O)N(Cc2ccc3ccccc3c2)C2CC2)cn1. The Morgan fingerprint density at radius 3 is 2.75 bits per heavy atom. The highest BCUT2D eigenvalue weighted by Gasteiger charge is 2.41. The van der Waals surface area contributed by atoms with Gasteiger partial charge in [-0.05, 0) is 40.8 Å². The minimum atomic E-state index is -0.00902. The van der Waals surface area contributed by atoms with Crippen LogP contribution in [-0.4, -0.2) is 39.7 Å². The standard InChI is InChI=1S/C23H26N4O/c1-26-15-19(11-25-26)21-12-24-13-22(21)23(28)27(20-8-9-20)14-16-6-7-17-4-2-3-5-18(17)10-16/h2-7,10-11,15,20-22,24H,8-9,12-14H2,1H3/t21-,22+/m1/s1. The molecule has 1 N–H and O–H groups in total. The lowest BCUT2D eigenvalue weighted by Gasteiger charge is -2.28. The van der Waals surface area contributed by atoms with Crippen LogP contribution in [0.25, 0.3) is 10.8 Å². The van der Waals surface area contributed by atoms with Crippen LogP contribution < -0.4 is 5.32 Å². The van der Waals surface area contributed by atoms with E-state index in [1.165, 1.54) is 16.3 Å². The molecule has 0 bridgehead atoms. The molecule has 0 radical (unpaired) electrons. The Hall–Kier alpha value is -2.66. The van der Waals surface area contributed by atoms with E-state index in [0.29, 0.717) is 12.6 Å². The highest BCUT2D eigenvalue weighted by Crippen LogP contribution is 2.35. The Bertz CT molecular complexity index is 1010. The summed E-state index contributed by atoms with van der Waals surface area (Å²) >= 11 is 0. The van der Waals surface area contributed by atoms with E-state index < -0.39 is 0 Å². The van der Waals surface area contributed by atoms with Gasteiger partial charge in [0.1, 0.15) is 0 Å². The molecule has 28 heavy (non-hydrogen) atoms. The lowest BCUT2D eigenvalue weighted by Crippen LogP contribution is -2.39. The second kappa shape index (κ2) is 7.06. The summed E-state index contributed by atoms with van der Waals surface area (Å²) < 4.78 is 1.82. The van der Waals surface area contributed by atoms with Gasteiger partial charge in [0.15, 0.2) is 0 Å². The van der Waals surface area contributed by atoms with E-state index in [4.69, 9.17) is 0 Å². The number of aryl methyl sites for hydroxylation is 1. The quantitative estimate of drug-likeness (QED) is 0.747. The number of carbonyl (C=O) groups excluding carboxylic acids is 1. The molecule has 0 unspecified atom stereocenters. The highest BCUT2D eigenvalue weighted by atomic mass is 16.2. The molecular weight excluding hydrogens is 348 g/mol. The molecule has 5 rings (SSSR count). The average molecular weight is 374 g/mol. The van der Waals surface area contributed by atoms with Crippen molar-refractivity contribution in [2.75, 3.05) is 13.1 Å². The molecule has 1 aliphatic heterocycles. The van der Waals surface area contributed by atoms with Gasteiger partial charge in [-0.15, -0.1) is 0 Å². The summed E-state index contributed by atoms with van der Waals surface area (Å²) in [5.41, 5.74) is 2.37. The first-order valence-corrected chi connectivity index (χ1v) is 10.2. The maximum atomic E-state index is 13.5. The third-order valence-electron chi connectivity index (χ3n) is 6.12. The average Bonchev–Trinajstić information content (AvgIpc) is 3.27. The summed E-state index contributed by atoms with van der Waals surface area (Å²) in [7, 11) is 1.93. The molecule has 0 spiro atoms. The lowest BCUT2D eigenvalue weighted by molar-refractivity contribution is -0.136. The van der Waals surface area contributed by atoms with Crippen LogP contribution in [0, 0.1) is 5.92 Å². The molecular formula is C23H26N4O. The molecule has 1 saturated carbocycles. The van der Waals surface area contributed by atoms with Crippen LogP contribution in [0.4, 0.5) is 0 Å². The molecule has 1 saturated heterocycles. The van der Waals surface area contributed by atoms with Crippen molar-refractivity contribution in [1.29, 1.82) is 0 Å². The molecule has 2 aromatic carbocycles. The molecule has 144 valence electrons. The fourth-order valence-electron chi connectivity index (χ4n) is 4.44. The smallest absolute Gasteiger partial charge is 0.228 e. The Labute approximate surface area is 165 Å². The van der Waals surface area contributed by atoms with Crippen LogP contribution in [0.1, 0.15) is 29.9 Å². The second-order valence-corrected chi connectivity index (χ2v) is 8.20. The van der Waals surface area contributed by atoms with Gasteiger partial charge in [-0.1, -0.05) is 36.4 Å². The number of fused-ring (bicyclic) bond motifs is 1. The number of rotatable bonds is 5. The third-order valence-corrected chi connectivity index (χ3v) is 6.12. The van der Waals surface area contributed by atoms with Gasteiger partial charge in [0.2, 0.25) is 5.91 Å². The minimum Gasteiger partial charge on any atom is -0.335 e. The van der Waals surface area contributed by atoms with Gasteiger partial charge in [-0.2, -0.15) is 5.10 Å². The number of nitrogens with zero attached hydrogens (tertiary/aromatic N) is 3. The molecule has 2 heterocycles. The van der Waals surface area contributed by atoms with E-state index in [1.807, 2.05) is 24.1 Å². The Balaban J connectivity index is 1.39. The minimum absolute atomic E-state index is 0.00902. The second-order valence-electron chi connectivity index (χ2n) is 8.20.